The van der Waals surface area contributed by atoms with Gasteiger partial charge in [0.25, 0.3) is 0 Å². The maximum Gasteiger partial charge on any atom is 0.339 e. The van der Waals surface area contributed by atoms with Gasteiger partial charge < -0.3 is 5.11 Å². The number of carboxylic acids is 1. The van der Waals surface area contributed by atoms with Crippen molar-refractivity contribution < 1.29 is 9.90 Å². The van der Waals surface area contributed by atoms with Crippen molar-refractivity contribution >= 4 is 5.97 Å². The minimum Gasteiger partial charge on any atom is -0.478 e. The number of nitrogens with zero attached hydrogens (tertiary/aromatic N) is 3. The van der Waals surface area contributed by atoms with E-state index in [9.17, 15) is 4.79 Å². The van der Waals surface area contributed by atoms with E-state index in [1.54, 1.807) is 20.8 Å². The van der Waals surface area contributed by atoms with Crippen LogP contribution in [-0.4, -0.2) is 20.9 Å². The van der Waals surface area contributed by atoms with Gasteiger partial charge >= 0.3 is 5.97 Å². The third-order valence-electron chi connectivity index (χ3n) is 2.09. The summed E-state index contributed by atoms with van der Waals surface area (Å²) in [5.74, 6) is -1.00. The molecule has 0 bridgehead atoms. The first kappa shape index (κ1) is 10.3. The molecule has 0 amide bonds. The van der Waals surface area contributed by atoms with Crippen LogP contribution >= 0.6 is 0 Å². The highest BCUT2D eigenvalue weighted by molar-refractivity contribution is 5.90. The van der Waals surface area contributed by atoms with E-state index in [-0.39, 0.29) is 5.56 Å². The number of aromatic carboxylic acids is 1. The number of carbonyl (C=O) groups is 1. The molecule has 0 aliphatic heterocycles. The summed E-state index contributed by atoms with van der Waals surface area (Å²) in [5.41, 5.74) is 1.15. The molecule has 0 saturated carbocycles. The predicted molar refractivity (Wildman–Crippen MR) is 49.0 cm³/mol. The Morgan fingerprint density at radius 2 is 2.21 bits per heavy atom. The first-order valence-corrected chi connectivity index (χ1v) is 4.17. The Labute approximate surface area is 81.6 Å². The van der Waals surface area contributed by atoms with Gasteiger partial charge in [-0.2, -0.15) is 10.4 Å². The van der Waals surface area contributed by atoms with Gasteiger partial charge in [-0.05, 0) is 20.8 Å². The summed E-state index contributed by atoms with van der Waals surface area (Å²) in [5, 5.41) is 21.6. The van der Waals surface area contributed by atoms with Gasteiger partial charge in [-0.3, -0.25) is 4.68 Å². The molecule has 1 aromatic heterocycles. The average Bonchev–Trinajstić information content (AvgIpc) is 2.40. The molecule has 0 saturated heterocycles. The zero-order valence-corrected chi connectivity index (χ0v) is 8.27. The van der Waals surface area contributed by atoms with Crippen LogP contribution in [0.5, 0.6) is 0 Å². The van der Waals surface area contributed by atoms with Crippen molar-refractivity contribution in [2.45, 2.75) is 26.8 Å². The fraction of sp³-hybridized carbons (Fsp3) is 0.444. The lowest BCUT2D eigenvalue weighted by molar-refractivity contribution is 0.0695. The highest BCUT2D eigenvalue weighted by atomic mass is 16.4. The topological polar surface area (TPSA) is 78.9 Å². The van der Waals surface area contributed by atoms with Crippen LogP contribution in [0.4, 0.5) is 0 Å². The second-order valence-electron chi connectivity index (χ2n) is 3.10. The molecule has 1 heterocycles. The number of hydrogen-bond donors (Lipinski definition) is 1. The molecule has 74 valence electrons. The van der Waals surface area contributed by atoms with Gasteiger partial charge in [0.1, 0.15) is 11.6 Å². The normalized spacial score (nSPS) is 12.1. The predicted octanol–water partition coefficient (Wildman–Crippen LogP) is 1.28. The summed E-state index contributed by atoms with van der Waals surface area (Å²) in [7, 11) is 0. The van der Waals surface area contributed by atoms with E-state index in [2.05, 4.69) is 5.10 Å². The summed E-state index contributed by atoms with van der Waals surface area (Å²) in [4.78, 5) is 10.8. The minimum absolute atomic E-state index is 0.187. The van der Waals surface area contributed by atoms with Crippen LogP contribution < -0.4 is 0 Å². The Bertz CT molecular complexity index is 414. The Morgan fingerprint density at radius 3 is 2.57 bits per heavy atom. The molecule has 0 aliphatic carbocycles. The van der Waals surface area contributed by atoms with Gasteiger partial charge in [-0.1, -0.05) is 0 Å². The van der Waals surface area contributed by atoms with E-state index in [0.717, 1.165) is 0 Å². The molecule has 1 N–H and O–H groups in total. The van der Waals surface area contributed by atoms with Crippen molar-refractivity contribution in [3.8, 4) is 6.07 Å². The molecule has 5 nitrogen and oxygen atoms in total. The van der Waals surface area contributed by atoms with E-state index in [1.807, 2.05) is 6.07 Å². The summed E-state index contributed by atoms with van der Waals surface area (Å²) in [6, 6.07) is 1.57. The molecular formula is C9H11N3O2. The first-order chi connectivity index (χ1) is 6.49. The molecule has 0 aromatic carbocycles. The van der Waals surface area contributed by atoms with Crippen LogP contribution in [0.1, 0.15) is 34.7 Å². The first-order valence-electron chi connectivity index (χ1n) is 4.17. The van der Waals surface area contributed by atoms with Gasteiger partial charge in [0.15, 0.2) is 0 Å². The summed E-state index contributed by atoms with van der Waals surface area (Å²) >= 11 is 0. The fourth-order valence-electron chi connectivity index (χ4n) is 1.40. The molecule has 0 aliphatic rings. The third-order valence-corrected chi connectivity index (χ3v) is 2.09. The number of nitriles is 1. The van der Waals surface area contributed by atoms with Gasteiger partial charge in [0, 0.05) is 0 Å². The molecule has 0 radical (unpaired) electrons. The molecular weight excluding hydrogens is 182 g/mol. The van der Waals surface area contributed by atoms with Gasteiger partial charge in [0.2, 0.25) is 0 Å². The number of hydrogen-bond acceptors (Lipinski definition) is 3. The Balaban J connectivity index is 3.32. The van der Waals surface area contributed by atoms with Gasteiger partial charge in [-0.25, -0.2) is 4.79 Å². The lowest BCUT2D eigenvalue weighted by Gasteiger charge is -2.04. The van der Waals surface area contributed by atoms with Crippen molar-refractivity contribution in [1.82, 2.24) is 9.78 Å². The number of aromatic nitrogens is 2. The highest BCUT2D eigenvalue weighted by Gasteiger charge is 2.19. The lowest BCUT2D eigenvalue weighted by atomic mass is 10.2. The maximum atomic E-state index is 10.8. The standard InChI is InChI=1S/C9H11N3O2/c1-5(4-10)12-7(3)8(9(13)14)6(2)11-12/h5H,1-3H3,(H,13,14). The molecule has 14 heavy (non-hydrogen) atoms. The van der Waals surface area contributed by atoms with Gasteiger partial charge in [0.05, 0.1) is 17.5 Å². The molecule has 0 fully saturated rings. The van der Waals surface area contributed by atoms with Crippen LogP contribution in [0.2, 0.25) is 0 Å². The van der Waals surface area contributed by atoms with Crippen molar-refractivity contribution in [3.05, 3.63) is 17.0 Å². The van der Waals surface area contributed by atoms with E-state index >= 15 is 0 Å². The summed E-state index contributed by atoms with van der Waals surface area (Å²) < 4.78 is 1.43. The second kappa shape index (κ2) is 3.50. The number of carboxylic acid groups (broad SMARTS) is 1. The van der Waals surface area contributed by atoms with E-state index in [1.165, 1.54) is 4.68 Å². The Morgan fingerprint density at radius 1 is 1.64 bits per heavy atom. The van der Waals surface area contributed by atoms with E-state index in [4.69, 9.17) is 10.4 Å². The second-order valence-corrected chi connectivity index (χ2v) is 3.10. The Kier molecular flexibility index (Phi) is 2.56. The van der Waals surface area contributed by atoms with Crippen LogP contribution in [0.25, 0.3) is 0 Å². The quantitative estimate of drug-likeness (QED) is 0.767. The average molecular weight is 193 g/mol. The van der Waals surface area contributed by atoms with Crippen LogP contribution in [-0.2, 0) is 0 Å². The zero-order valence-electron chi connectivity index (χ0n) is 8.27. The fourth-order valence-corrected chi connectivity index (χ4v) is 1.40. The maximum absolute atomic E-state index is 10.8. The Hall–Kier alpha value is -1.83. The highest BCUT2D eigenvalue weighted by Crippen LogP contribution is 2.16. The smallest absolute Gasteiger partial charge is 0.339 e. The van der Waals surface area contributed by atoms with Crippen LogP contribution in [0, 0.1) is 25.2 Å². The SMILES string of the molecule is Cc1nn(C(C)C#N)c(C)c1C(=O)O. The van der Waals surface area contributed by atoms with E-state index < -0.39 is 12.0 Å². The van der Waals surface area contributed by atoms with E-state index in [0.29, 0.717) is 11.4 Å². The van der Waals surface area contributed by atoms with Crippen molar-refractivity contribution in [3.63, 3.8) is 0 Å². The monoisotopic (exact) mass is 193 g/mol. The summed E-state index contributed by atoms with van der Waals surface area (Å²) in [6.07, 6.45) is 0. The lowest BCUT2D eigenvalue weighted by Crippen LogP contribution is -2.07. The van der Waals surface area contributed by atoms with Crippen molar-refractivity contribution in [2.75, 3.05) is 0 Å². The molecule has 1 atom stereocenters. The molecule has 5 heteroatoms. The van der Waals surface area contributed by atoms with Crippen molar-refractivity contribution in [2.24, 2.45) is 0 Å². The van der Waals surface area contributed by atoms with Gasteiger partial charge in [-0.15, -0.1) is 0 Å². The van der Waals surface area contributed by atoms with Crippen molar-refractivity contribution in [1.29, 1.82) is 5.26 Å². The largest absolute Gasteiger partial charge is 0.478 e. The zero-order chi connectivity index (χ0) is 10.9. The molecule has 0 spiro atoms. The molecule has 1 aromatic rings. The third kappa shape index (κ3) is 1.46. The molecule has 1 unspecified atom stereocenters. The van der Waals surface area contributed by atoms with Crippen LogP contribution in [0.3, 0.4) is 0 Å². The summed E-state index contributed by atoms with van der Waals surface area (Å²) in [6.45, 7) is 4.94. The van der Waals surface area contributed by atoms with Crippen LogP contribution in [0.15, 0.2) is 0 Å². The molecule has 1 rings (SSSR count). The number of rotatable bonds is 2. The minimum atomic E-state index is -1.00. The number of aryl methyl sites for hydroxylation is 1.